The van der Waals surface area contributed by atoms with E-state index in [0.29, 0.717) is 53.6 Å². The number of imidazole rings is 1. The summed E-state index contributed by atoms with van der Waals surface area (Å²) in [7, 11) is 1.62. The van der Waals surface area contributed by atoms with Crippen LogP contribution in [-0.4, -0.2) is 40.3 Å². The van der Waals surface area contributed by atoms with E-state index >= 15 is 0 Å². The van der Waals surface area contributed by atoms with Gasteiger partial charge in [0.15, 0.2) is 5.69 Å². The van der Waals surface area contributed by atoms with E-state index < -0.39 is 5.82 Å². The predicted molar refractivity (Wildman–Crippen MR) is 159 cm³/mol. The van der Waals surface area contributed by atoms with Crippen molar-refractivity contribution in [2.24, 2.45) is 10.7 Å². The summed E-state index contributed by atoms with van der Waals surface area (Å²) in [4.78, 5) is 26.9. The van der Waals surface area contributed by atoms with Gasteiger partial charge in [-0.25, -0.2) is 14.4 Å². The highest BCUT2D eigenvalue weighted by atomic mass is 19.1. The average Bonchev–Trinajstić information content (AvgIpc) is 3.65. The van der Waals surface area contributed by atoms with Crippen LogP contribution in [0.15, 0.2) is 72.0 Å². The summed E-state index contributed by atoms with van der Waals surface area (Å²) in [5.74, 6) is 0.548. The second kappa shape index (κ2) is 13.3. The van der Waals surface area contributed by atoms with Crippen molar-refractivity contribution >= 4 is 28.7 Å². The molecule has 0 unspecified atom stereocenters. The molecule has 0 radical (unpaired) electrons. The normalized spacial score (nSPS) is 14.3. The van der Waals surface area contributed by atoms with Crippen molar-refractivity contribution in [1.29, 1.82) is 0 Å². The van der Waals surface area contributed by atoms with Gasteiger partial charge in [-0.05, 0) is 53.8 Å². The van der Waals surface area contributed by atoms with Crippen molar-refractivity contribution in [1.82, 2.24) is 19.9 Å². The summed E-state index contributed by atoms with van der Waals surface area (Å²) in [5, 5.41) is 2.92. The van der Waals surface area contributed by atoms with E-state index in [1.807, 2.05) is 36.4 Å². The van der Waals surface area contributed by atoms with Gasteiger partial charge in [-0.15, -0.1) is 0 Å². The molecule has 212 valence electrons. The van der Waals surface area contributed by atoms with Crippen molar-refractivity contribution in [2.75, 3.05) is 13.7 Å². The van der Waals surface area contributed by atoms with Gasteiger partial charge in [0.2, 0.25) is 0 Å². The minimum Gasteiger partial charge on any atom is -0.404 e. The van der Waals surface area contributed by atoms with Gasteiger partial charge in [-0.3, -0.25) is 9.79 Å². The van der Waals surface area contributed by atoms with Crippen LogP contribution in [0, 0.1) is 5.82 Å². The van der Waals surface area contributed by atoms with Crippen LogP contribution in [-0.2, 0) is 24.4 Å². The number of amides is 1. The fourth-order valence-corrected chi connectivity index (χ4v) is 5.44. The number of pyridine rings is 1. The van der Waals surface area contributed by atoms with E-state index in [2.05, 4.69) is 19.9 Å². The fraction of sp³-hybridized carbons (Fsp3) is 0.312. The Balaban J connectivity index is 1.38. The lowest BCUT2D eigenvalue weighted by atomic mass is 10.0. The molecule has 1 aliphatic carbocycles. The summed E-state index contributed by atoms with van der Waals surface area (Å²) in [6.45, 7) is 1.66. The number of carbonyl (C=O) groups excluding carboxylic acids is 1. The first-order valence-electron chi connectivity index (χ1n) is 14.0. The number of carbonyl (C=O) groups is 1. The van der Waals surface area contributed by atoms with E-state index in [9.17, 15) is 9.18 Å². The lowest BCUT2D eigenvalue weighted by Crippen LogP contribution is -2.25. The van der Waals surface area contributed by atoms with Crippen molar-refractivity contribution in [3.05, 3.63) is 101 Å². The summed E-state index contributed by atoms with van der Waals surface area (Å²) in [6.07, 6.45) is 9.05. The first-order valence-corrected chi connectivity index (χ1v) is 14.0. The van der Waals surface area contributed by atoms with Crippen molar-refractivity contribution in [3.8, 4) is 0 Å². The Hall–Kier alpha value is -4.37. The van der Waals surface area contributed by atoms with Gasteiger partial charge >= 0.3 is 0 Å². The Morgan fingerprint density at radius 1 is 1.17 bits per heavy atom. The number of nitrogens with two attached hydrogens (primary N) is 1. The molecule has 41 heavy (non-hydrogen) atoms. The van der Waals surface area contributed by atoms with Crippen LogP contribution in [0.3, 0.4) is 0 Å². The fourth-order valence-electron chi connectivity index (χ4n) is 5.44. The third-order valence-electron chi connectivity index (χ3n) is 7.38. The Morgan fingerprint density at radius 2 is 1.98 bits per heavy atom. The number of benzene rings is 2. The molecule has 1 fully saturated rings. The SMILES string of the molecule is CN=CC(=CN)c1cc(F)cc(CNC(=O)c2nccc3nc(C4CCCC4)n(CCOCc4ccccc4)c23)c1. The monoisotopic (exact) mass is 554 g/mol. The van der Waals surface area contributed by atoms with Gasteiger partial charge in [0.1, 0.15) is 17.2 Å². The number of hydrogen-bond acceptors (Lipinski definition) is 6. The number of ether oxygens (including phenoxy) is 1. The third-order valence-corrected chi connectivity index (χ3v) is 7.38. The molecule has 2 heterocycles. The number of allylic oxidation sites excluding steroid dienone is 1. The minimum absolute atomic E-state index is 0.118. The molecule has 2 aromatic heterocycles. The largest absolute Gasteiger partial charge is 0.404 e. The molecule has 1 aliphatic rings. The van der Waals surface area contributed by atoms with E-state index in [1.165, 1.54) is 31.2 Å². The topological polar surface area (TPSA) is 107 Å². The minimum atomic E-state index is -0.425. The lowest BCUT2D eigenvalue weighted by Gasteiger charge is -2.15. The van der Waals surface area contributed by atoms with Crippen molar-refractivity contribution < 1.29 is 13.9 Å². The quantitative estimate of drug-likeness (QED) is 0.191. The smallest absolute Gasteiger partial charge is 0.272 e. The second-order valence-corrected chi connectivity index (χ2v) is 10.2. The summed E-state index contributed by atoms with van der Waals surface area (Å²) in [5.41, 5.74) is 10.3. The molecule has 0 bridgehead atoms. The Labute approximate surface area is 239 Å². The number of rotatable bonds is 11. The Morgan fingerprint density at radius 3 is 2.73 bits per heavy atom. The average molecular weight is 555 g/mol. The Bertz CT molecular complexity index is 1560. The molecule has 9 heteroatoms. The first kappa shape index (κ1) is 28.2. The number of nitrogens with one attached hydrogen (secondary N) is 1. The predicted octanol–water partition coefficient (Wildman–Crippen LogP) is 5.38. The number of fused-ring (bicyclic) bond motifs is 1. The van der Waals surface area contributed by atoms with Crippen LogP contribution in [0.5, 0.6) is 0 Å². The number of halogens is 1. The summed E-state index contributed by atoms with van der Waals surface area (Å²) >= 11 is 0. The molecule has 0 spiro atoms. The van der Waals surface area contributed by atoms with Crippen LogP contribution in [0.1, 0.15) is 64.6 Å². The first-order chi connectivity index (χ1) is 20.1. The zero-order valence-corrected chi connectivity index (χ0v) is 23.2. The molecule has 0 atom stereocenters. The van der Waals surface area contributed by atoms with Crippen LogP contribution < -0.4 is 11.1 Å². The maximum Gasteiger partial charge on any atom is 0.272 e. The van der Waals surface area contributed by atoms with Gasteiger partial charge < -0.3 is 20.4 Å². The molecule has 0 saturated heterocycles. The van der Waals surface area contributed by atoms with Gasteiger partial charge in [0, 0.05) is 50.2 Å². The van der Waals surface area contributed by atoms with Crippen LogP contribution >= 0.6 is 0 Å². The highest BCUT2D eigenvalue weighted by Crippen LogP contribution is 2.35. The molecule has 8 nitrogen and oxygen atoms in total. The zero-order valence-electron chi connectivity index (χ0n) is 23.2. The highest BCUT2D eigenvalue weighted by Gasteiger charge is 2.26. The third kappa shape index (κ3) is 6.69. The maximum atomic E-state index is 14.4. The van der Waals surface area contributed by atoms with E-state index in [4.69, 9.17) is 15.5 Å². The number of aliphatic imine (C=N–C) groups is 1. The van der Waals surface area contributed by atoms with Crippen molar-refractivity contribution in [2.45, 2.75) is 51.3 Å². The molecular weight excluding hydrogens is 519 g/mol. The van der Waals surface area contributed by atoms with Crippen molar-refractivity contribution in [3.63, 3.8) is 0 Å². The summed E-state index contributed by atoms with van der Waals surface area (Å²) < 4.78 is 22.5. The lowest BCUT2D eigenvalue weighted by molar-refractivity contribution is 0.0946. The van der Waals surface area contributed by atoms with Gasteiger partial charge in [-0.2, -0.15) is 0 Å². The van der Waals surface area contributed by atoms with Crippen LogP contribution in [0.25, 0.3) is 16.6 Å². The number of aromatic nitrogens is 3. The van der Waals surface area contributed by atoms with E-state index in [-0.39, 0.29) is 12.5 Å². The van der Waals surface area contributed by atoms with Crippen LogP contribution in [0.2, 0.25) is 0 Å². The van der Waals surface area contributed by atoms with Gasteiger partial charge in [-0.1, -0.05) is 43.2 Å². The molecular formula is C32H35FN6O2. The maximum absolute atomic E-state index is 14.4. The molecule has 2 aromatic carbocycles. The summed E-state index contributed by atoms with van der Waals surface area (Å²) in [6, 6.07) is 16.5. The second-order valence-electron chi connectivity index (χ2n) is 10.2. The van der Waals surface area contributed by atoms with Gasteiger partial charge in [0.25, 0.3) is 5.91 Å². The molecule has 5 rings (SSSR count). The number of nitrogens with zero attached hydrogens (tertiary/aromatic N) is 4. The van der Waals surface area contributed by atoms with E-state index in [1.54, 1.807) is 25.5 Å². The molecule has 0 aliphatic heterocycles. The molecule has 4 aromatic rings. The molecule has 3 N–H and O–H groups in total. The van der Waals surface area contributed by atoms with Gasteiger partial charge in [0.05, 0.1) is 18.7 Å². The Kier molecular flexibility index (Phi) is 9.15. The molecule has 1 amide bonds. The highest BCUT2D eigenvalue weighted by molar-refractivity contribution is 6.09. The van der Waals surface area contributed by atoms with Crippen LogP contribution in [0.4, 0.5) is 4.39 Å². The number of hydrogen-bond donors (Lipinski definition) is 2. The standard InChI is InChI=1S/C32H35FN6O2/c1-35-20-26(18-34)25-15-23(16-27(33)17-25)19-37-32(40)29-30-28(11-12-36-29)38-31(24-9-5-6-10-24)39(30)13-14-41-21-22-7-3-2-4-8-22/h2-4,7-8,11-12,15-18,20,24H,5-6,9-10,13-14,19,21,34H2,1H3,(H,37,40). The van der Waals surface area contributed by atoms with E-state index in [0.717, 1.165) is 29.7 Å². The molecule has 1 saturated carbocycles. The zero-order chi connectivity index (χ0) is 28.6.